The minimum Gasteiger partial charge on any atom is -0.397 e. The Labute approximate surface area is 176 Å². The van der Waals surface area contributed by atoms with Crippen LogP contribution in [0.5, 0.6) is 0 Å². The molecule has 0 saturated heterocycles. The highest BCUT2D eigenvalue weighted by Gasteiger charge is 2.17. The number of imidazole rings is 1. The standard InChI is InChI=1S/C23H19FN4O3/c1-14(29)28-20-11-10-17(24)12-21(20)27(23(28)31)13-15-6-8-16(9-7-15)22(30)26-19-5-3-2-4-18(19)25/h2-12H,13,25H2,1H3,(H,26,30). The molecule has 3 aromatic carbocycles. The van der Waals surface area contributed by atoms with Gasteiger partial charge in [0.15, 0.2) is 0 Å². The lowest BCUT2D eigenvalue weighted by atomic mass is 10.1. The monoisotopic (exact) mass is 418 g/mol. The minimum atomic E-state index is -0.547. The largest absolute Gasteiger partial charge is 0.397 e. The van der Waals surface area contributed by atoms with Crippen LogP contribution in [0.15, 0.2) is 71.5 Å². The van der Waals surface area contributed by atoms with E-state index in [0.717, 1.165) is 4.57 Å². The van der Waals surface area contributed by atoms with E-state index >= 15 is 0 Å². The van der Waals surface area contributed by atoms with Gasteiger partial charge in [0.2, 0.25) is 5.91 Å². The van der Waals surface area contributed by atoms with Crippen molar-refractivity contribution in [3.63, 3.8) is 0 Å². The summed E-state index contributed by atoms with van der Waals surface area (Å²) < 4.78 is 16.1. The minimum absolute atomic E-state index is 0.118. The molecule has 4 aromatic rings. The molecule has 31 heavy (non-hydrogen) atoms. The van der Waals surface area contributed by atoms with Crippen LogP contribution in [0.4, 0.5) is 15.8 Å². The first-order chi connectivity index (χ1) is 14.8. The molecule has 0 saturated carbocycles. The molecule has 0 aliphatic carbocycles. The molecule has 8 heteroatoms. The highest BCUT2D eigenvalue weighted by atomic mass is 19.1. The van der Waals surface area contributed by atoms with E-state index in [1.165, 1.54) is 29.7 Å². The van der Waals surface area contributed by atoms with Crippen molar-refractivity contribution in [1.82, 2.24) is 9.13 Å². The van der Waals surface area contributed by atoms with Crippen LogP contribution in [0.3, 0.4) is 0 Å². The summed E-state index contributed by atoms with van der Waals surface area (Å²) >= 11 is 0. The number of fused-ring (bicyclic) bond motifs is 1. The maximum absolute atomic E-state index is 13.8. The first-order valence-corrected chi connectivity index (χ1v) is 9.51. The normalized spacial score (nSPS) is 10.9. The number of nitrogens with two attached hydrogens (primary N) is 1. The fourth-order valence-corrected chi connectivity index (χ4v) is 3.44. The van der Waals surface area contributed by atoms with Crippen molar-refractivity contribution in [2.75, 3.05) is 11.1 Å². The highest BCUT2D eigenvalue weighted by molar-refractivity contribution is 6.05. The molecular weight excluding hydrogens is 399 g/mol. The molecule has 1 amide bonds. The Balaban J connectivity index is 1.62. The molecular formula is C23H19FN4O3. The summed E-state index contributed by atoms with van der Waals surface area (Å²) in [5.41, 5.74) is 8.07. The van der Waals surface area contributed by atoms with Crippen LogP contribution in [-0.4, -0.2) is 20.9 Å². The first-order valence-electron chi connectivity index (χ1n) is 9.51. The summed E-state index contributed by atoms with van der Waals surface area (Å²) in [5, 5.41) is 2.75. The van der Waals surface area contributed by atoms with Crippen LogP contribution in [0.2, 0.25) is 0 Å². The van der Waals surface area contributed by atoms with Gasteiger partial charge in [0.1, 0.15) is 5.82 Å². The van der Waals surface area contributed by atoms with Crippen molar-refractivity contribution in [2.45, 2.75) is 13.5 Å². The Morgan fingerprint density at radius 3 is 2.39 bits per heavy atom. The molecule has 0 atom stereocenters. The molecule has 1 heterocycles. The molecule has 0 bridgehead atoms. The number of halogens is 1. The van der Waals surface area contributed by atoms with E-state index < -0.39 is 17.4 Å². The van der Waals surface area contributed by atoms with Crippen LogP contribution in [0, 0.1) is 5.82 Å². The van der Waals surface area contributed by atoms with E-state index in [1.54, 1.807) is 48.5 Å². The van der Waals surface area contributed by atoms with Crippen LogP contribution >= 0.6 is 0 Å². The predicted octanol–water partition coefficient (Wildman–Crippen LogP) is 3.49. The molecule has 0 fully saturated rings. The zero-order valence-electron chi connectivity index (χ0n) is 16.6. The molecule has 0 spiro atoms. The number of benzene rings is 3. The molecule has 0 aliphatic rings. The van der Waals surface area contributed by atoms with Crippen LogP contribution in [0.25, 0.3) is 11.0 Å². The number of rotatable bonds is 4. The summed E-state index contributed by atoms with van der Waals surface area (Å²) in [5.74, 6) is -1.28. The van der Waals surface area contributed by atoms with E-state index in [-0.39, 0.29) is 12.5 Å². The summed E-state index contributed by atoms with van der Waals surface area (Å²) in [6.07, 6.45) is 0. The highest BCUT2D eigenvalue weighted by Crippen LogP contribution is 2.19. The van der Waals surface area contributed by atoms with Gasteiger partial charge in [-0.25, -0.2) is 13.8 Å². The van der Waals surface area contributed by atoms with Crippen LogP contribution < -0.4 is 16.7 Å². The molecule has 1 aromatic heterocycles. The van der Waals surface area contributed by atoms with E-state index in [4.69, 9.17) is 5.73 Å². The maximum Gasteiger partial charge on any atom is 0.336 e. The Kier molecular flexibility index (Phi) is 5.12. The molecule has 4 rings (SSSR count). The third-order valence-electron chi connectivity index (χ3n) is 4.97. The first kappa shape index (κ1) is 20.1. The number of nitrogens with one attached hydrogen (secondary N) is 1. The van der Waals surface area contributed by atoms with Gasteiger partial charge in [-0.3, -0.25) is 14.2 Å². The maximum atomic E-state index is 13.8. The van der Waals surface area contributed by atoms with E-state index in [2.05, 4.69) is 5.32 Å². The molecule has 156 valence electrons. The Bertz CT molecular complexity index is 1370. The molecule has 3 N–H and O–H groups in total. The lowest BCUT2D eigenvalue weighted by Crippen LogP contribution is -2.27. The van der Waals surface area contributed by atoms with Crippen molar-refractivity contribution in [2.24, 2.45) is 0 Å². The Hall–Kier alpha value is -4.20. The number of para-hydroxylation sites is 2. The number of aromatic nitrogens is 2. The second kappa shape index (κ2) is 7.91. The van der Waals surface area contributed by atoms with Gasteiger partial charge in [-0.2, -0.15) is 0 Å². The van der Waals surface area contributed by atoms with Gasteiger partial charge in [0.25, 0.3) is 5.91 Å². The predicted molar refractivity (Wildman–Crippen MR) is 117 cm³/mol. The summed E-state index contributed by atoms with van der Waals surface area (Å²) in [6.45, 7) is 1.40. The fourth-order valence-electron chi connectivity index (χ4n) is 3.44. The summed E-state index contributed by atoms with van der Waals surface area (Å²) in [7, 11) is 0. The average Bonchev–Trinajstić information content (AvgIpc) is 3.01. The zero-order chi connectivity index (χ0) is 22.1. The number of amides is 1. The van der Waals surface area contributed by atoms with E-state index in [0.29, 0.717) is 33.5 Å². The fraction of sp³-hybridized carbons (Fsp3) is 0.0870. The number of carbonyl (C=O) groups is 2. The second-order valence-corrected chi connectivity index (χ2v) is 7.09. The molecule has 0 aliphatic heterocycles. The van der Waals surface area contributed by atoms with Crippen LogP contribution in [0.1, 0.15) is 27.6 Å². The van der Waals surface area contributed by atoms with Crippen molar-refractivity contribution in [3.05, 3.63) is 94.2 Å². The van der Waals surface area contributed by atoms with Crippen molar-refractivity contribution < 1.29 is 14.0 Å². The Morgan fingerprint density at radius 2 is 1.71 bits per heavy atom. The van der Waals surface area contributed by atoms with E-state index in [9.17, 15) is 18.8 Å². The van der Waals surface area contributed by atoms with Crippen molar-refractivity contribution in [1.29, 1.82) is 0 Å². The molecule has 7 nitrogen and oxygen atoms in total. The quantitative estimate of drug-likeness (QED) is 0.496. The Morgan fingerprint density at radius 1 is 1.00 bits per heavy atom. The number of nitrogen functional groups attached to an aromatic ring is 1. The lowest BCUT2D eigenvalue weighted by Gasteiger charge is -2.09. The summed E-state index contributed by atoms with van der Waals surface area (Å²) in [4.78, 5) is 37.2. The number of hydrogen-bond donors (Lipinski definition) is 2. The van der Waals surface area contributed by atoms with Crippen molar-refractivity contribution >= 4 is 34.2 Å². The number of nitrogens with zero attached hydrogens (tertiary/aromatic N) is 2. The molecule has 0 unspecified atom stereocenters. The number of anilines is 2. The smallest absolute Gasteiger partial charge is 0.336 e. The van der Waals surface area contributed by atoms with Gasteiger partial charge in [0, 0.05) is 12.5 Å². The summed E-state index contributed by atoms with van der Waals surface area (Å²) in [6, 6.07) is 17.4. The lowest BCUT2D eigenvalue weighted by molar-refractivity contribution is 0.0935. The van der Waals surface area contributed by atoms with Gasteiger partial charge in [-0.1, -0.05) is 24.3 Å². The second-order valence-electron chi connectivity index (χ2n) is 7.09. The van der Waals surface area contributed by atoms with E-state index in [1.807, 2.05) is 0 Å². The van der Waals surface area contributed by atoms with Gasteiger partial charge in [-0.15, -0.1) is 0 Å². The number of hydrogen-bond acceptors (Lipinski definition) is 4. The van der Waals surface area contributed by atoms with Crippen molar-refractivity contribution in [3.8, 4) is 0 Å². The van der Waals surface area contributed by atoms with Gasteiger partial charge in [-0.05, 0) is 48.0 Å². The zero-order valence-corrected chi connectivity index (χ0v) is 16.6. The SMILES string of the molecule is CC(=O)n1c(=O)n(Cc2ccc(C(=O)Nc3ccccc3N)cc2)c2cc(F)ccc21. The average molecular weight is 418 g/mol. The third-order valence-corrected chi connectivity index (χ3v) is 4.97. The van der Waals surface area contributed by atoms with Gasteiger partial charge < -0.3 is 11.1 Å². The van der Waals surface area contributed by atoms with Gasteiger partial charge in [0.05, 0.1) is 29.0 Å². The van der Waals surface area contributed by atoms with Crippen LogP contribution in [-0.2, 0) is 6.54 Å². The number of carbonyl (C=O) groups excluding carboxylic acids is 2. The van der Waals surface area contributed by atoms with Gasteiger partial charge >= 0.3 is 5.69 Å². The third kappa shape index (κ3) is 3.83. The molecule has 0 radical (unpaired) electrons. The topological polar surface area (TPSA) is 99.1 Å².